The first-order valence-corrected chi connectivity index (χ1v) is 4.51. The number of hydrogen-bond acceptors (Lipinski definition) is 2. The van der Waals surface area contributed by atoms with Crippen LogP contribution in [0.25, 0.3) is 0 Å². The second-order valence-electron chi connectivity index (χ2n) is 3.20. The highest BCUT2D eigenvalue weighted by Crippen LogP contribution is 2.13. The molecule has 1 heterocycles. The van der Waals surface area contributed by atoms with Crippen LogP contribution in [0.15, 0.2) is 0 Å². The number of hydrogen-bond donors (Lipinski definition) is 1. The van der Waals surface area contributed by atoms with Crippen molar-refractivity contribution >= 4 is 5.91 Å². The summed E-state index contributed by atoms with van der Waals surface area (Å²) >= 11 is 0. The molecule has 1 aromatic rings. The number of nitrogens with zero attached hydrogens (tertiary/aromatic N) is 2. The Labute approximate surface area is 86.3 Å². The number of nitrogens with one attached hydrogen (secondary N) is 1. The van der Waals surface area contributed by atoms with E-state index in [0.29, 0.717) is 17.0 Å². The Bertz CT molecular complexity index is 374. The van der Waals surface area contributed by atoms with Crippen molar-refractivity contribution in [1.29, 1.82) is 0 Å². The van der Waals surface area contributed by atoms with Gasteiger partial charge in [-0.1, -0.05) is 0 Å². The first-order chi connectivity index (χ1) is 6.97. The van der Waals surface area contributed by atoms with E-state index in [1.807, 2.05) is 0 Å². The molecule has 0 saturated heterocycles. The van der Waals surface area contributed by atoms with Crippen molar-refractivity contribution in [3.8, 4) is 0 Å². The molecule has 0 atom stereocenters. The van der Waals surface area contributed by atoms with Gasteiger partial charge >= 0.3 is 0 Å². The zero-order chi connectivity index (χ0) is 11.6. The Hall–Kier alpha value is -1.46. The molecule has 84 valence electrons. The van der Waals surface area contributed by atoms with Gasteiger partial charge in [-0.05, 0) is 13.8 Å². The van der Waals surface area contributed by atoms with E-state index in [4.69, 9.17) is 0 Å². The summed E-state index contributed by atoms with van der Waals surface area (Å²) in [6.45, 7) is 2.75. The van der Waals surface area contributed by atoms with Crippen LogP contribution in [0.4, 0.5) is 8.78 Å². The molecular weight excluding hydrogens is 204 g/mol. The van der Waals surface area contributed by atoms with E-state index >= 15 is 0 Å². The number of aryl methyl sites for hydroxylation is 1. The third kappa shape index (κ3) is 2.31. The molecule has 1 aromatic heterocycles. The van der Waals surface area contributed by atoms with Crippen molar-refractivity contribution in [3.05, 3.63) is 17.0 Å². The molecule has 1 N–H and O–H groups in total. The zero-order valence-corrected chi connectivity index (χ0v) is 8.84. The third-order valence-corrected chi connectivity index (χ3v) is 2.15. The minimum atomic E-state index is -2.47. The van der Waals surface area contributed by atoms with Crippen LogP contribution < -0.4 is 5.32 Å². The van der Waals surface area contributed by atoms with E-state index in [2.05, 4.69) is 10.4 Å². The van der Waals surface area contributed by atoms with Crippen LogP contribution in [-0.4, -0.2) is 29.2 Å². The lowest BCUT2D eigenvalue weighted by Gasteiger charge is -2.03. The van der Waals surface area contributed by atoms with Crippen LogP contribution in [0.2, 0.25) is 0 Å². The van der Waals surface area contributed by atoms with E-state index in [1.165, 1.54) is 7.05 Å². The lowest BCUT2D eigenvalue weighted by molar-refractivity contribution is 0.0960. The number of halogens is 2. The highest BCUT2D eigenvalue weighted by Gasteiger charge is 2.18. The highest BCUT2D eigenvalue weighted by molar-refractivity contribution is 5.96. The van der Waals surface area contributed by atoms with Crippen LogP contribution in [0, 0.1) is 13.8 Å². The lowest BCUT2D eigenvalue weighted by atomic mass is 10.2. The number of alkyl halides is 2. The summed E-state index contributed by atoms with van der Waals surface area (Å²) in [6.07, 6.45) is -2.47. The lowest BCUT2D eigenvalue weighted by Crippen LogP contribution is -2.19. The van der Waals surface area contributed by atoms with Crippen molar-refractivity contribution in [3.63, 3.8) is 0 Å². The summed E-state index contributed by atoms with van der Waals surface area (Å²) in [5.41, 5.74) is 1.30. The monoisotopic (exact) mass is 217 g/mol. The number of amides is 1. The summed E-state index contributed by atoms with van der Waals surface area (Å²) < 4.78 is 25.5. The average Bonchev–Trinajstić information content (AvgIpc) is 2.40. The largest absolute Gasteiger partial charge is 0.355 e. The van der Waals surface area contributed by atoms with Crippen molar-refractivity contribution < 1.29 is 13.6 Å². The van der Waals surface area contributed by atoms with E-state index in [9.17, 15) is 13.6 Å². The molecule has 0 aromatic carbocycles. The Morgan fingerprint density at radius 1 is 1.53 bits per heavy atom. The fraction of sp³-hybridized carbons (Fsp3) is 0.556. The van der Waals surface area contributed by atoms with Gasteiger partial charge in [0.15, 0.2) is 0 Å². The minimum absolute atomic E-state index is 0.300. The molecule has 6 heteroatoms. The molecule has 0 unspecified atom stereocenters. The fourth-order valence-corrected chi connectivity index (χ4v) is 1.46. The molecule has 0 aliphatic heterocycles. The predicted molar refractivity (Wildman–Crippen MR) is 51.1 cm³/mol. The highest BCUT2D eigenvalue weighted by atomic mass is 19.3. The normalized spacial score (nSPS) is 10.8. The maximum absolute atomic E-state index is 12.2. The first kappa shape index (κ1) is 11.6. The van der Waals surface area contributed by atoms with Crippen LogP contribution in [0.3, 0.4) is 0 Å². The molecule has 0 saturated carbocycles. The van der Waals surface area contributed by atoms with Gasteiger partial charge in [-0.3, -0.25) is 9.48 Å². The number of aromatic nitrogens is 2. The van der Waals surface area contributed by atoms with Gasteiger partial charge in [0, 0.05) is 12.7 Å². The quantitative estimate of drug-likeness (QED) is 0.824. The second-order valence-corrected chi connectivity index (χ2v) is 3.20. The molecule has 0 radical (unpaired) electrons. The smallest absolute Gasteiger partial charge is 0.257 e. The summed E-state index contributed by atoms with van der Waals surface area (Å²) in [6, 6.07) is 0. The average molecular weight is 217 g/mol. The summed E-state index contributed by atoms with van der Waals surface area (Å²) in [5.74, 6) is -0.300. The second kappa shape index (κ2) is 4.37. The maximum atomic E-state index is 12.2. The van der Waals surface area contributed by atoms with E-state index < -0.39 is 13.0 Å². The van der Waals surface area contributed by atoms with Gasteiger partial charge in [0.05, 0.1) is 11.3 Å². The van der Waals surface area contributed by atoms with Crippen molar-refractivity contribution in [2.24, 2.45) is 0 Å². The predicted octanol–water partition coefficient (Wildman–Crippen LogP) is 1.12. The fourth-order valence-electron chi connectivity index (χ4n) is 1.46. The number of carbonyl (C=O) groups is 1. The van der Waals surface area contributed by atoms with Gasteiger partial charge in [-0.2, -0.15) is 5.10 Å². The van der Waals surface area contributed by atoms with Gasteiger partial charge in [0.1, 0.15) is 6.54 Å². The molecule has 4 nitrogen and oxygen atoms in total. The standard InChI is InChI=1S/C9H13F2N3O/c1-5-8(9(15)12-3)6(2)14(13-5)4-7(10)11/h7H,4H2,1-3H3,(H,12,15). The van der Waals surface area contributed by atoms with E-state index in [0.717, 1.165) is 4.68 Å². The van der Waals surface area contributed by atoms with Crippen molar-refractivity contribution in [1.82, 2.24) is 15.1 Å². The van der Waals surface area contributed by atoms with Gasteiger partial charge in [-0.25, -0.2) is 8.78 Å². The summed E-state index contributed by atoms with van der Waals surface area (Å²) in [4.78, 5) is 11.4. The molecule has 1 amide bonds. The van der Waals surface area contributed by atoms with Crippen LogP contribution in [0.5, 0.6) is 0 Å². The Kier molecular flexibility index (Phi) is 3.39. The van der Waals surface area contributed by atoms with E-state index in [1.54, 1.807) is 13.8 Å². The Balaban J connectivity index is 3.09. The zero-order valence-electron chi connectivity index (χ0n) is 8.84. The maximum Gasteiger partial charge on any atom is 0.257 e. The molecule has 0 fully saturated rings. The van der Waals surface area contributed by atoms with Crippen molar-refractivity contribution in [2.75, 3.05) is 7.05 Å². The SMILES string of the molecule is CNC(=O)c1c(C)nn(CC(F)F)c1C. The van der Waals surface area contributed by atoms with E-state index in [-0.39, 0.29) is 5.91 Å². The van der Waals surface area contributed by atoms with Crippen LogP contribution >= 0.6 is 0 Å². The third-order valence-electron chi connectivity index (χ3n) is 2.15. The molecule has 0 aliphatic carbocycles. The van der Waals surface area contributed by atoms with Crippen LogP contribution in [-0.2, 0) is 6.54 Å². The molecule has 15 heavy (non-hydrogen) atoms. The van der Waals surface area contributed by atoms with Gasteiger partial charge in [-0.15, -0.1) is 0 Å². The molecule has 0 aliphatic rings. The topological polar surface area (TPSA) is 46.9 Å². The summed E-state index contributed by atoms with van der Waals surface area (Å²) in [5, 5.41) is 6.34. The first-order valence-electron chi connectivity index (χ1n) is 4.51. The summed E-state index contributed by atoms with van der Waals surface area (Å²) in [7, 11) is 1.49. The Morgan fingerprint density at radius 3 is 2.60 bits per heavy atom. The molecular formula is C9H13F2N3O. The number of rotatable bonds is 3. The van der Waals surface area contributed by atoms with Gasteiger partial charge < -0.3 is 5.32 Å². The van der Waals surface area contributed by atoms with Gasteiger partial charge in [0.2, 0.25) is 0 Å². The number of carbonyl (C=O) groups excluding carboxylic acids is 1. The van der Waals surface area contributed by atoms with Gasteiger partial charge in [0.25, 0.3) is 12.3 Å². The van der Waals surface area contributed by atoms with Crippen LogP contribution in [0.1, 0.15) is 21.7 Å². The minimum Gasteiger partial charge on any atom is -0.355 e. The van der Waals surface area contributed by atoms with Crippen molar-refractivity contribution in [2.45, 2.75) is 26.8 Å². The molecule has 0 bridgehead atoms. The molecule has 0 spiro atoms. The Morgan fingerprint density at radius 2 is 2.13 bits per heavy atom. The molecule has 1 rings (SSSR count).